The fraction of sp³-hybridized carbons (Fsp3) is 0.160. The molecule has 0 aliphatic rings. The van der Waals surface area contributed by atoms with Crippen molar-refractivity contribution in [2.45, 2.75) is 54.4 Å². The Kier molecular flexibility index (Phi) is 46.9. The van der Waals surface area contributed by atoms with Gasteiger partial charge in [-0.2, -0.15) is 0 Å². The van der Waals surface area contributed by atoms with Gasteiger partial charge in [0.2, 0.25) is 0 Å². The molecule has 0 bridgehead atoms. The Labute approximate surface area is 753 Å². The zero-order chi connectivity index (χ0) is 75.4. The summed E-state index contributed by atoms with van der Waals surface area (Å²) in [5.41, 5.74) is 27.6. The molecular formula is C75H77Br2Cs2F2N9O14Pd. The number of benzene rings is 10. The second-order valence-corrected chi connectivity index (χ2v) is 23.6. The van der Waals surface area contributed by atoms with Crippen molar-refractivity contribution in [2.75, 3.05) is 42.6 Å². The van der Waals surface area contributed by atoms with E-state index < -0.39 is 21.8 Å². The molecule has 30 heteroatoms. The van der Waals surface area contributed by atoms with Gasteiger partial charge in [0.05, 0.1) is 35.2 Å². The van der Waals surface area contributed by atoms with Crippen LogP contribution in [0.25, 0.3) is 65.4 Å². The van der Waals surface area contributed by atoms with Crippen LogP contribution in [0.5, 0.6) is 5.75 Å². The van der Waals surface area contributed by atoms with Crippen molar-refractivity contribution in [2.24, 2.45) is 0 Å². The molecule has 0 fully saturated rings. The minimum atomic E-state index is -0.833. The number of rotatable bonds is 11. The largest absolute Gasteiger partial charge is 1.00 e. The number of ether oxygens (including phenoxy) is 1. The number of nitrogens with zero attached hydrogens (tertiary/aromatic N) is 3. The number of methoxy groups -OCH3 is 1. The van der Waals surface area contributed by atoms with E-state index in [9.17, 15) is 39.1 Å². The topological polar surface area (TPSA) is 374 Å². The van der Waals surface area contributed by atoms with Gasteiger partial charge < -0.3 is 58.3 Å². The third-order valence-corrected chi connectivity index (χ3v) is 14.7. The molecule has 10 aromatic carbocycles. The Hall–Kier alpha value is -7.04. The van der Waals surface area contributed by atoms with E-state index in [-0.39, 0.29) is 201 Å². The summed E-state index contributed by atoms with van der Waals surface area (Å²) >= 11 is 6.05. The number of fused-ring (bicyclic) bond motifs is 9. The molecule has 0 aliphatic carbocycles. The third kappa shape index (κ3) is 34.6. The fourth-order valence-electron chi connectivity index (χ4n) is 9.26. The summed E-state index contributed by atoms with van der Waals surface area (Å²) in [4.78, 5) is 69.5. The van der Waals surface area contributed by atoms with E-state index in [4.69, 9.17) is 46.1 Å². The molecule has 23 nitrogen and oxygen atoms in total. The second-order valence-electron chi connectivity index (χ2n) is 21.9. The van der Waals surface area contributed by atoms with Crippen LogP contribution in [0.2, 0.25) is 0 Å². The average molecular weight is 1900 g/mol. The van der Waals surface area contributed by atoms with Crippen LogP contribution in [-0.2, 0) is 46.1 Å². The number of non-ortho nitro benzene ring substituents is 3. The standard InChI is InChI=1S/C16H16FN.C13H10N2O2.C13H12N2O2.C13H12N2.C7H9NO.C6H4BrNO2.C2H4BrF.2C2H4O2.CH2O3.2Cs.Pd.H/c1-11-4-6-15-13(9-11)14-10-12(3-2-8-17)5-7-16(14)18-15;1-8-2-4-12-10(6-8)11-7-9(15(16)17)3-5-13(11)14-12;1-10-2-4-11(5-3-10)14-12-6-8-13(9-7-12)15(16)17;1-8-2-4-12-10(6-8)11-7-9(14)3-5-13(11)15-12;1-9-7-4-2-6(8)3-5-7;7-5-1-3-6(4-2-5)8(9)10;3-1-2-4;2*1-2(3)4;2-1-4-3;;;;/h4-7,9-10,18H,2-3,8H2,1H3;2-7,14H,1H3;2-9,14H,1H3;2-7,15H,14H2,1H3;2-5H,8H2,1H3;1-4H;1-2H2;2*1H3,(H,3,4);1,3H;;;;/q;;;;;;;;;;2*+1;;-1/p-1. The molecule has 0 saturated carbocycles. The van der Waals surface area contributed by atoms with Gasteiger partial charge in [-0.15, -0.1) is 0 Å². The van der Waals surface area contributed by atoms with E-state index in [1.165, 1.54) is 85.2 Å². The molecule has 10 N–H and O–H groups in total. The number of carboxylic acids is 2. The number of nitrogens with two attached hydrogens (primary N) is 2. The van der Waals surface area contributed by atoms with Crippen molar-refractivity contribution in [3.05, 3.63) is 269 Å². The van der Waals surface area contributed by atoms with E-state index >= 15 is 0 Å². The first-order valence-corrected chi connectivity index (χ1v) is 32.7. The SMILES string of the molecule is CC(=O)O.CC(=O)O.COc1ccc(N)cc1.Cc1ccc(Nc2ccc([N+](=O)[O-])cc2)cc1.Cc1ccc2[nH]c3ccc(CCCF)cc3c2c1.Cc1ccc2[nH]c3ccc(N)cc3c2c1.Cc1ccc2[nH]c3ccc([N+](=O)[O-])cc3c2c1.FCCBr.O=CO[O-].O=[N+]([O-])c1ccc(Br)cc1.[Cs+].[Cs+].[H-].[Pd]. The van der Waals surface area contributed by atoms with Gasteiger partial charge in [-0.25, -0.2) is 0 Å². The first kappa shape index (κ1) is 96.0. The number of aromatic nitrogens is 3. The Morgan fingerprint density at radius 1 is 0.514 bits per heavy atom. The molecule has 13 aromatic rings. The number of H-pyrrole nitrogens is 3. The maximum atomic E-state index is 12.2. The van der Waals surface area contributed by atoms with Crippen molar-refractivity contribution in [1.82, 2.24) is 15.0 Å². The smallest absolute Gasteiger partial charge is 1.00 e. The number of alkyl halides is 3. The summed E-state index contributed by atoms with van der Waals surface area (Å²) in [6.07, 6.45) is 1.41. The molecule has 0 saturated heterocycles. The van der Waals surface area contributed by atoms with Crippen LogP contribution >= 0.6 is 31.9 Å². The molecule has 105 heavy (non-hydrogen) atoms. The molecule has 0 unspecified atom stereocenters. The van der Waals surface area contributed by atoms with Gasteiger partial charge in [0.25, 0.3) is 35.5 Å². The molecule has 0 amide bonds. The number of nitro groups is 3. The maximum Gasteiger partial charge on any atom is 1.00 e. The van der Waals surface area contributed by atoms with Crippen LogP contribution < -0.4 is 165 Å². The van der Waals surface area contributed by atoms with Crippen molar-refractivity contribution in [3.8, 4) is 5.75 Å². The number of nitrogens with one attached hydrogen (secondary N) is 4. The average Bonchev–Trinajstić information content (AvgIpc) is 1.65. The van der Waals surface area contributed by atoms with Gasteiger partial charge >= 0.3 is 138 Å². The zero-order valence-electron chi connectivity index (χ0n) is 59.9. The van der Waals surface area contributed by atoms with Gasteiger partial charge in [-0.05, 0) is 180 Å². The maximum absolute atomic E-state index is 12.2. The van der Waals surface area contributed by atoms with Crippen LogP contribution in [0.3, 0.4) is 0 Å². The Balaban J connectivity index is 0.00000120. The number of carboxylic acid groups (broad SMARTS) is 2. The quantitative estimate of drug-likeness (QED) is 0.0113. The summed E-state index contributed by atoms with van der Waals surface area (Å²) in [5, 5.41) is 65.1. The number of hydrogen-bond donors (Lipinski definition) is 8. The number of nitrogen functional groups attached to an aromatic ring is 2. The summed E-state index contributed by atoms with van der Waals surface area (Å²) < 4.78 is 28.7. The monoisotopic (exact) mass is 1900 g/mol. The number of halogens is 4. The number of nitro benzene ring substituents is 3. The predicted molar refractivity (Wildman–Crippen MR) is 407 cm³/mol. The van der Waals surface area contributed by atoms with Gasteiger partial charge in [0.15, 0.2) is 0 Å². The number of aryl methyl sites for hydroxylation is 5. The van der Waals surface area contributed by atoms with E-state index in [1.807, 2.05) is 86.6 Å². The van der Waals surface area contributed by atoms with E-state index in [0.717, 1.165) is 91.6 Å². The molecule has 3 heterocycles. The van der Waals surface area contributed by atoms with Gasteiger partial charge in [0.1, 0.15) is 5.75 Å². The minimum absolute atomic E-state index is 0. The van der Waals surface area contributed by atoms with Crippen LogP contribution in [0.4, 0.5) is 48.6 Å². The van der Waals surface area contributed by atoms with Crippen LogP contribution in [0.15, 0.2) is 211 Å². The number of carbonyl (C=O) groups excluding carboxylic acids is 1. The minimum Gasteiger partial charge on any atom is -1.00 e. The Bertz CT molecular complexity index is 4800. The molecule has 0 radical (unpaired) electrons. The summed E-state index contributed by atoms with van der Waals surface area (Å²) in [6.45, 7) is 9.71. The van der Waals surface area contributed by atoms with E-state index in [2.05, 4.69) is 125 Å². The summed E-state index contributed by atoms with van der Waals surface area (Å²) in [6, 6.07) is 63.9. The summed E-state index contributed by atoms with van der Waals surface area (Å²) in [7, 11) is 1.63. The van der Waals surface area contributed by atoms with Crippen molar-refractivity contribution < 1.29 is 223 Å². The van der Waals surface area contributed by atoms with Gasteiger partial charge in [0, 0.05) is 169 Å². The van der Waals surface area contributed by atoms with Crippen LogP contribution in [0.1, 0.15) is 49.5 Å². The number of aliphatic carboxylic acids is 2. The van der Waals surface area contributed by atoms with Gasteiger partial charge in [-0.1, -0.05) is 90.5 Å². The van der Waals surface area contributed by atoms with Crippen LogP contribution in [0, 0.1) is 58.0 Å². The molecule has 0 spiro atoms. The molecule has 0 aliphatic heterocycles. The van der Waals surface area contributed by atoms with Gasteiger partial charge in [-0.3, -0.25) is 53.5 Å². The fourth-order valence-corrected chi connectivity index (χ4v) is 9.53. The number of aromatic amines is 3. The Morgan fingerprint density at radius 2 is 0.829 bits per heavy atom. The zero-order valence-corrected chi connectivity index (χ0v) is 76.1. The van der Waals surface area contributed by atoms with Crippen molar-refractivity contribution in [1.29, 1.82) is 0 Å². The molecule has 0 atom stereocenters. The second kappa shape index (κ2) is 51.3. The normalized spacial score (nSPS) is 9.60. The predicted octanol–water partition coefficient (Wildman–Crippen LogP) is 12.6. The van der Waals surface area contributed by atoms with Crippen molar-refractivity contribution >= 4 is 155 Å². The van der Waals surface area contributed by atoms with E-state index in [1.54, 1.807) is 55.6 Å². The van der Waals surface area contributed by atoms with E-state index in [0.29, 0.717) is 11.8 Å². The molecule has 546 valence electrons. The number of anilines is 4. The Morgan fingerprint density at radius 3 is 1.20 bits per heavy atom. The first-order valence-electron chi connectivity index (χ1n) is 30.8. The van der Waals surface area contributed by atoms with Crippen LogP contribution in [-0.4, -0.2) is 84.1 Å². The number of carbonyl (C=O) groups is 3. The summed E-state index contributed by atoms with van der Waals surface area (Å²) in [5.74, 6) is -0.829. The molecule has 3 aromatic heterocycles. The molecular weight excluding hydrogens is 1820 g/mol. The number of hydrogen-bond acceptors (Lipinski definition) is 15. The first-order chi connectivity index (χ1) is 48.6. The third-order valence-electron chi connectivity index (χ3n) is 13.8. The molecule has 13 rings (SSSR count). The van der Waals surface area contributed by atoms with Crippen molar-refractivity contribution in [3.63, 3.8) is 0 Å².